The summed E-state index contributed by atoms with van der Waals surface area (Å²) in [5.41, 5.74) is 0. The van der Waals surface area contributed by atoms with Crippen molar-refractivity contribution >= 4 is 0 Å². The molecule has 1 fully saturated rings. The molecule has 0 amide bonds. The van der Waals surface area contributed by atoms with E-state index in [-0.39, 0.29) is 0 Å². The highest BCUT2D eigenvalue weighted by Gasteiger charge is 2.32. The van der Waals surface area contributed by atoms with Gasteiger partial charge in [0.05, 0.1) is 6.54 Å². The fourth-order valence-electron chi connectivity index (χ4n) is 2.53. The summed E-state index contributed by atoms with van der Waals surface area (Å²) in [6.45, 7) is 5.81. The Labute approximate surface area is 114 Å². The van der Waals surface area contributed by atoms with Gasteiger partial charge in [-0.2, -0.15) is 13.2 Å². The van der Waals surface area contributed by atoms with E-state index in [1.54, 1.807) is 0 Å². The molecular formula is C14H27F3N2. The number of likely N-dealkylation sites (tertiary alicyclic amines) is 1. The van der Waals surface area contributed by atoms with Crippen molar-refractivity contribution in [2.75, 3.05) is 26.2 Å². The first kappa shape index (κ1) is 16.8. The molecule has 0 atom stereocenters. The van der Waals surface area contributed by atoms with Crippen LogP contribution in [0.2, 0.25) is 0 Å². The van der Waals surface area contributed by atoms with Gasteiger partial charge in [0.15, 0.2) is 0 Å². The smallest absolute Gasteiger partial charge is 0.314 e. The van der Waals surface area contributed by atoms with Crippen molar-refractivity contribution in [1.82, 2.24) is 10.2 Å². The standard InChI is InChI=1S/C14H27F3N2/c1-12(2)5-3-4-8-18-13-6-9-19(10-7-13)11-14(15,16)17/h12-13,18H,3-11H2,1-2H3. The Morgan fingerprint density at radius 2 is 1.79 bits per heavy atom. The van der Waals surface area contributed by atoms with Crippen molar-refractivity contribution in [2.45, 2.75) is 58.2 Å². The summed E-state index contributed by atoms with van der Waals surface area (Å²) in [6, 6.07) is 0.406. The van der Waals surface area contributed by atoms with Crippen LogP contribution in [0.5, 0.6) is 0 Å². The minimum atomic E-state index is -4.06. The van der Waals surface area contributed by atoms with Crippen LogP contribution in [0.25, 0.3) is 0 Å². The monoisotopic (exact) mass is 280 g/mol. The minimum absolute atomic E-state index is 0.406. The van der Waals surface area contributed by atoms with Crippen LogP contribution in [0.15, 0.2) is 0 Å². The average Bonchev–Trinajstić information content (AvgIpc) is 2.28. The van der Waals surface area contributed by atoms with Gasteiger partial charge in [-0.1, -0.05) is 26.7 Å². The van der Waals surface area contributed by atoms with Crippen molar-refractivity contribution in [3.05, 3.63) is 0 Å². The van der Waals surface area contributed by atoms with Gasteiger partial charge < -0.3 is 5.32 Å². The first-order valence-electron chi connectivity index (χ1n) is 7.39. The molecule has 0 spiro atoms. The van der Waals surface area contributed by atoms with Crippen molar-refractivity contribution < 1.29 is 13.2 Å². The summed E-state index contributed by atoms with van der Waals surface area (Å²) in [6.07, 6.45) is 1.27. The average molecular weight is 280 g/mol. The predicted molar refractivity (Wildman–Crippen MR) is 72.2 cm³/mol. The first-order valence-corrected chi connectivity index (χ1v) is 7.39. The molecule has 0 radical (unpaired) electrons. The van der Waals surface area contributed by atoms with Crippen LogP contribution in [-0.2, 0) is 0 Å². The fraction of sp³-hybridized carbons (Fsp3) is 1.00. The summed E-state index contributed by atoms with van der Waals surface area (Å²) in [7, 11) is 0. The lowest BCUT2D eigenvalue weighted by Gasteiger charge is -2.32. The lowest BCUT2D eigenvalue weighted by atomic mass is 10.0. The third-order valence-electron chi connectivity index (χ3n) is 3.63. The second kappa shape index (κ2) is 8.10. The molecule has 1 aliphatic heterocycles. The van der Waals surface area contributed by atoms with Crippen molar-refractivity contribution in [3.63, 3.8) is 0 Å². The Hall–Kier alpha value is -0.290. The summed E-state index contributed by atoms with van der Waals surface area (Å²) in [5.74, 6) is 0.755. The summed E-state index contributed by atoms with van der Waals surface area (Å²) < 4.78 is 36.7. The SMILES string of the molecule is CC(C)CCCCNC1CCN(CC(F)(F)F)CC1. The molecule has 2 nitrogen and oxygen atoms in total. The van der Waals surface area contributed by atoms with Crippen molar-refractivity contribution in [1.29, 1.82) is 0 Å². The highest BCUT2D eigenvalue weighted by Crippen LogP contribution is 2.19. The van der Waals surface area contributed by atoms with Crippen LogP contribution < -0.4 is 5.32 Å². The normalized spacial score (nSPS) is 19.3. The molecule has 0 saturated carbocycles. The van der Waals surface area contributed by atoms with Crippen LogP contribution in [0.4, 0.5) is 13.2 Å². The number of rotatable bonds is 7. The van der Waals surface area contributed by atoms with Crippen LogP contribution in [0, 0.1) is 5.92 Å². The molecule has 1 rings (SSSR count). The fourth-order valence-corrected chi connectivity index (χ4v) is 2.53. The predicted octanol–water partition coefficient (Wildman–Crippen LogP) is 3.43. The van der Waals surface area contributed by atoms with Crippen LogP contribution >= 0.6 is 0 Å². The lowest BCUT2D eigenvalue weighted by Crippen LogP contribution is -2.45. The van der Waals surface area contributed by atoms with Gasteiger partial charge in [-0.15, -0.1) is 0 Å². The van der Waals surface area contributed by atoms with E-state index in [0.29, 0.717) is 19.1 Å². The molecule has 0 unspecified atom stereocenters. The van der Waals surface area contributed by atoms with E-state index < -0.39 is 12.7 Å². The second-order valence-corrected chi connectivity index (χ2v) is 6.01. The van der Waals surface area contributed by atoms with Gasteiger partial charge >= 0.3 is 6.18 Å². The molecule has 1 heterocycles. The van der Waals surface area contributed by atoms with Gasteiger partial charge in [-0.05, 0) is 44.8 Å². The van der Waals surface area contributed by atoms with Crippen LogP contribution in [0.3, 0.4) is 0 Å². The Morgan fingerprint density at radius 3 is 2.32 bits per heavy atom. The molecule has 0 aromatic carbocycles. The van der Waals surface area contributed by atoms with Gasteiger partial charge in [0.2, 0.25) is 0 Å². The second-order valence-electron chi connectivity index (χ2n) is 6.01. The van der Waals surface area contributed by atoms with Gasteiger partial charge in [-0.25, -0.2) is 0 Å². The van der Waals surface area contributed by atoms with Crippen molar-refractivity contribution in [3.8, 4) is 0 Å². The third kappa shape index (κ3) is 8.47. The summed E-state index contributed by atoms with van der Waals surface area (Å²) in [4.78, 5) is 1.51. The number of hydrogen-bond donors (Lipinski definition) is 1. The Bertz CT molecular complexity index is 233. The van der Waals surface area contributed by atoms with E-state index >= 15 is 0 Å². The highest BCUT2D eigenvalue weighted by atomic mass is 19.4. The first-order chi connectivity index (χ1) is 8.87. The van der Waals surface area contributed by atoms with Gasteiger partial charge in [0, 0.05) is 6.04 Å². The van der Waals surface area contributed by atoms with E-state index in [1.165, 1.54) is 24.2 Å². The van der Waals surface area contributed by atoms with E-state index in [2.05, 4.69) is 19.2 Å². The zero-order valence-electron chi connectivity index (χ0n) is 12.1. The lowest BCUT2D eigenvalue weighted by molar-refractivity contribution is -0.148. The number of piperidine rings is 1. The molecule has 1 aliphatic rings. The Kier molecular flexibility index (Phi) is 7.15. The number of unbranched alkanes of at least 4 members (excludes halogenated alkanes) is 1. The quantitative estimate of drug-likeness (QED) is 0.719. The largest absolute Gasteiger partial charge is 0.401 e. The third-order valence-corrected chi connectivity index (χ3v) is 3.63. The molecule has 1 saturated heterocycles. The molecular weight excluding hydrogens is 253 g/mol. The molecule has 1 N–H and O–H groups in total. The summed E-state index contributed by atoms with van der Waals surface area (Å²) >= 11 is 0. The Morgan fingerprint density at radius 1 is 1.16 bits per heavy atom. The van der Waals surface area contributed by atoms with Crippen molar-refractivity contribution in [2.24, 2.45) is 5.92 Å². The molecule has 0 aliphatic carbocycles. The van der Waals surface area contributed by atoms with E-state index in [4.69, 9.17) is 0 Å². The molecule has 19 heavy (non-hydrogen) atoms. The number of hydrogen-bond acceptors (Lipinski definition) is 2. The molecule has 114 valence electrons. The zero-order chi connectivity index (χ0) is 14.3. The maximum absolute atomic E-state index is 12.2. The van der Waals surface area contributed by atoms with Crippen LogP contribution in [-0.4, -0.2) is 43.3 Å². The van der Waals surface area contributed by atoms with Gasteiger partial charge in [0.25, 0.3) is 0 Å². The highest BCUT2D eigenvalue weighted by molar-refractivity contribution is 4.78. The maximum atomic E-state index is 12.2. The topological polar surface area (TPSA) is 15.3 Å². The maximum Gasteiger partial charge on any atom is 0.401 e. The minimum Gasteiger partial charge on any atom is -0.314 e. The zero-order valence-corrected chi connectivity index (χ0v) is 12.1. The molecule has 5 heteroatoms. The van der Waals surface area contributed by atoms with Gasteiger partial charge in [0.1, 0.15) is 0 Å². The number of nitrogens with zero attached hydrogens (tertiary/aromatic N) is 1. The molecule has 0 bridgehead atoms. The summed E-state index contributed by atoms with van der Waals surface area (Å²) in [5, 5.41) is 3.47. The Balaban J connectivity index is 2.04. The van der Waals surface area contributed by atoms with E-state index in [1.807, 2.05) is 0 Å². The van der Waals surface area contributed by atoms with Crippen LogP contribution in [0.1, 0.15) is 46.0 Å². The molecule has 0 aromatic rings. The van der Waals surface area contributed by atoms with Gasteiger partial charge in [-0.3, -0.25) is 4.90 Å². The van der Waals surface area contributed by atoms with E-state index in [0.717, 1.165) is 25.3 Å². The number of nitrogens with one attached hydrogen (secondary N) is 1. The van der Waals surface area contributed by atoms with E-state index in [9.17, 15) is 13.2 Å². The molecule has 0 aromatic heterocycles. The number of alkyl halides is 3. The number of halogens is 3.